The lowest BCUT2D eigenvalue weighted by atomic mass is 10.1. The van der Waals surface area contributed by atoms with E-state index in [4.69, 9.17) is 4.84 Å². The number of anilines is 1. The maximum absolute atomic E-state index is 13.7. The maximum Gasteiger partial charge on any atom is 0.326 e. The molecule has 0 bridgehead atoms. The first-order chi connectivity index (χ1) is 16.0. The first-order valence-corrected chi connectivity index (χ1v) is 10.4. The molecule has 8 heteroatoms. The Morgan fingerprint density at radius 3 is 2.21 bits per heavy atom. The quantitative estimate of drug-likeness (QED) is 0.343. The molecule has 0 aliphatic heterocycles. The third-order valence-corrected chi connectivity index (χ3v) is 4.63. The number of carbonyl (C=O) groups is 2. The van der Waals surface area contributed by atoms with Crippen LogP contribution in [-0.4, -0.2) is 17.6 Å². The molecule has 6 nitrogen and oxygen atoms in total. The molecule has 0 saturated heterocycles. The summed E-state index contributed by atoms with van der Waals surface area (Å²) in [4.78, 5) is 29.5. The van der Waals surface area contributed by atoms with E-state index in [0.717, 1.165) is 47.9 Å². The first-order valence-electron chi connectivity index (χ1n) is 10.4. The van der Waals surface area contributed by atoms with Crippen LogP contribution in [0.3, 0.4) is 0 Å². The van der Waals surface area contributed by atoms with Gasteiger partial charge in [-0.3, -0.25) is 10.1 Å². The molecule has 0 atom stereocenters. The van der Waals surface area contributed by atoms with Crippen LogP contribution < -0.4 is 10.6 Å². The van der Waals surface area contributed by atoms with Gasteiger partial charge in [-0.25, -0.2) is 13.6 Å². The topological polar surface area (TPSA) is 79.8 Å². The molecule has 3 amide bonds. The Kier molecular flexibility index (Phi) is 8.24. The number of carbonyl (C=O) groups excluding carboxylic acids is 2. The van der Waals surface area contributed by atoms with Crippen molar-refractivity contribution in [2.24, 2.45) is 5.16 Å². The molecule has 0 unspecified atom stereocenters. The van der Waals surface area contributed by atoms with Gasteiger partial charge < -0.3 is 10.2 Å². The van der Waals surface area contributed by atoms with E-state index in [1.807, 2.05) is 35.6 Å². The number of halogens is 2. The monoisotopic (exact) mass is 451 g/mol. The molecule has 0 saturated carbocycles. The maximum atomic E-state index is 13.7. The number of amides is 3. The smallest absolute Gasteiger partial charge is 0.326 e. The Hall–Kier alpha value is -4.07. The summed E-state index contributed by atoms with van der Waals surface area (Å²) in [5.74, 6) is -3.28. The van der Waals surface area contributed by atoms with E-state index in [0.29, 0.717) is 5.69 Å². The molecule has 0 radical (unpaired) electrons. The zero-order valence-electron chi connectivity index (χ0n) is 18.0. The highest BCUT2D eigenvalue weighted by molar-refractivity contribution is 6.08. The summed E-state index contributed by atoms with van der Waals surface area (Å²) >= 11 is 0. The lowest BCUT2D eigenvalue weighted by molar-refractivity contribution is 0.0959. The minimum absolute atomic E-state index is 0.234. The van der Waals surface area contributed by atoms with Crippen LogP contribution >= 0.6 is 0 Å². The lowest BCUT2D eigenvalue weighted by Gasteiger charge is -2.09. The summed E-state index contributed by atoms with van der Waals surface area (Å²) in [5.41, 5.74) is 2.26. The van der Waals surface area contributed by atoms with E-state index in [1.165, 1.54) is 0 Å². The van der Waals surface area contributed by atoms with Gasteiger partial charge in [0.25, 0.3) is 5.91 Å². The van der Waals surface area contributed by atoms with Gasteiger partial charge in [-0.2, -0.15) is 0 Å². The third kappa shape index (κ3) is 6.70. The van der Waals surface area contributed by atoms with Crippen molar-refractivity contribution < 1.29 is 23.2 Å². The largest absolute Gasteiger partial charge is 0.391 e. The molecule has 0 heterocycles. The number of rotatable bonds is 8. The molecule has 0 spiro atoms. The van der Waals surface area contributed by atoms with E-state index in [-0.39, 0.29) is 6.61 Å². The van der Waals surface area contributed by atoms with Crippen LogP contribution in [0.4, 0.5) is 19.3 Å². The number of nitrogens with one attached hydrogen (secondary N) is 2. The highest BCUT2D eigenvalue weighted by Gasteiger charge is 2.19. The predicted molar refractivity (Wildman–Crippen MR) is 122 cm³/mol. The molecule has 3 aromatic carbocycles. The van der Waals surface area contributed by atoms with Crippen molar-refractivity contribution in [3.8, 4) is 0 Å². The number of nitrogens with zero attached hydrogens (tertiary/aromatic N) is 1. The standard InChI is InChI=1S/C25H23F2N3O3/c1-2-7-22(18-8-4-3-5-9-18)30-33-16-17-12-14-19(15-13-17)28-25(32)29-24(31)23-20(26)10-6-11-21(23)27/h3-6,8-15H,2,7,16H2,1H3,(H2,28,29,31,32). The predicted octanol–water partition coefficient (Wildman–Crippen LogP) is 5.65. The number of benzene rings is 3. The molecule has 0 fully saturated rings. The average Bonchev–Trinajstić information content (AvgIpc) is 2.80. The number of imide groups is 1. The fourth-order valence-corrected chi connectivity index (χ4v) is 3.02. The van der Waals surface area contributed by atoms with E-state index in [9.17, 15) is 18.4 Å². The SMILES string of the molecule is CCCC(=NOCc1ccc(NC(=O)NC(=O)c2c(F)cccc2F)cc1)c1ccccc1. The van der Waals surface area contributed by atoms with Gasteiger partial charge in [0.05, 0.1) is 5.71 Å². The molecular formula is C25H23F2N3O3. The molecule has 3 rings (SSSR count). The van der Waals surface area contributed by atoms with Crippen LogP contribution in [-0.2, 0) is 11.4 Å². The summed E-state index contributed by atoms with van der Waals surface area (Å²) in [6.07, 6.45) is 1.73. The van der Waals surface area contributed by atoms with Gasteiger partial charge in [-0.15, -0.1) is 0 Å². The van der Waals surface area contributed by atoms with Crippen LogP contribution in [0.15, 0.2) is 78.0 Å². The zero-order chi connectivity index (χ0) is 23.6. The lowest BCUT2D eigenvalue weighted by Crippen LogP contribution is -2.35. The van der Waals surface area contributed by atoms with Gasteiger partial charge in [0.2, 0.25) is 0 Å². The van der Waals surface area contributed by atoms with Crippen molar-refractivity contribution >= 4 is 23.3 Å². The second-order valence-electron chi connectivity index (χ2n) is 7.13. The molecule has 2 N–H and O–H groups in total. The molecule has 33 heavy (non-hydrogen) atoms. The van der Waals surface area contributed by atoms with Gasteiger partial charge >= 0.3 is 6.03 Å². The van der Waals surface area contributed by atoms with Gasteiger partial charge in [0.15, 0.2) is 0 Å². The Balaban J connectivity index is 1.54. The number of hydrogen-bond acceptors (Lipinski definition) is 4. The highest BCUT2D eigenvalue weighted by atomic mass is 19.1. The zero-order valence-corrected chi connectivity index (χ0v) is 18.0. The van der Waals surface area contributed by atoms with Crippen molar-refractivity contribution in [3.05, 3.63) is 101 Å². The third-order valence-electron chi connectivity index (χ3n) is 4.63. The number of oxime groups is 1. The van der Waals surface area contributed by atoms with Crippen molar-refractivity contribution in [1.29, 1.82) is 0 Å². The van der Waals surface area contributed by atoms with Crippen LogP contribution in [0.2, 0.25) is 0 Å². The second kappa shape index (κ2) is 11.5. The van der Waals surface area contributed by atoms with E-state index in [1.54, 1.807) is 24.3 Å². The fourth-order valence-electron chi connectivity index (χ4n) is 3.02. The molecule has 3 aromatic rings. The normalized spacial score (nSPS) is 11.1. The summed E-state index contributed by atoms with van der Waals surface area (Å²) in [5, 5.41) is 8.60. The summed E-state index contributed by atoms with van der Waals surface area (Å²) in [6, 6.07) is 18.6. The number of hydrogen-bond donors (Lipinski definition) is 2. The van der Waals surface area contributed by atoms with E-state index < -0.39 is 29.1 Å². The molecule has 0 aliphatic carbocycles. The van der Waals surface area contributed by atoms with Gasteiger partial charge in [-0.1, -0.05) is 67.0 Å². The fraction of sp³-hybridized carbons (Fsp3) is 0.160. The van der Waals surface area contributed by atoms with Crippen molar-refractivity contribution in [2.45, 2.75) is 26.4 Å². The van der Waals surface area contributed by atoms with Crippen LogP contribution in [0.1, 0.15) is 41.3 Å². The van der Waals surface area contributed by atoms with Gasteiger partial charge in [-0.05, 0) is 41.8 Å². The summed E-state index contributed by atoms with van der Waals surface area (Å²) in [6.45, 7) is 2.30. The highest BCUT2D eigenvalue weighted by Crippen LogP contribution is 2.14. The van der Waals surface area contributed by atoms with Crippen molar-refractivity contribution in [1.82, 2.24) is 5.32 Å². The Labute approximate surface area is 190 Å². The van der Waals surface area contributed by atoms with E-state index in [2.05, 4.69) is 17.4 Å². The first kappa shape index (κ1) is 23.6. The Bertz CT molecular complexity index is 1110. The van der Waals surface area contributed by atoms with Gasteiger partial charge in [0, 0.05) is 5.69 Å². The molecule has 0 aromatic heterocycles. The molecule has 0 aliphatic rings. The van der Waals surface area contributed by atoms with Crippen LogP contribution in [0.5, 0.6) is 0 Å². The van der Waals surface area contributed by atoms with Gasteiger partial charge in [0.1, 0.15) is 23.8 Å². The molecular weight excluding hydrogens is 428 g/mol. The average molecular weight is 451 g/mol. The van der Waals surface area contributed by atoms with E-state index >= 15 is 0 Å². The summed E-state index contributed by atoms with van der Waals surface area (Å²) in [7, 11) is 0. The summed E-state index contributed by atoms with van der Waals surface area (Å²) < 4.78 is 27.3. The van der Waals surface area contributed by atoms with Crippen LogP contribution in [0.25, 0.3) is 0 Å². The second-order valence-corrected chi connectivity index (χ2v) is 7.13. The minimum Gasteiger partial charge on any atom is -0.391 e. The van der Waals surface area contributed by atoms with Crippen molar-refractivity contribution in [3.63, 3.8) is 0 Å². The number of urea groups is 1. The molecule has 170 valence electrons. The van der Waals surface area contributed by atoms with Crippen LogP contribution in [0, 0.1) is 11.6 Å². The van der Waals surface area contributed by atoms with Crippen molar-refractivity contribution in [2.75, 3.05) is 5.32 Å². The Morgan fingerprint density at radius 2 is 1.58 bits per heavy atom. The minimum atomic E-state index is -1.17. The Morgan fingerprint density at radius 1 is 0.909 bits per heavy atom.